The lowest BCUT2D eigenvalue weighted by Gasteiger charge is -2.36. The van der Waals surface area contributed by atoms with Crippen molar-refractivity contribution in [2.24, 2.45) is 4.99 Å². The molecule has 0 saturated carbocycles. The second kappa shape index (κ2) is 9.07. The number of aromatic nitrogens is 1. The molecule has 1 aliphatic heterocycles. The zero-order valence-electron chi connectivity index (χ0n) is 14.8. The molecule has 0 aliphatic carbocycles. The van der Waals surface area contributed by atoms with E-state index in [2.05, 4.69) is 40.3 Å². The minimum atomic E-state index is 0. The molecule has 1 aromatic heterocycles. The maximum absolute atomic E-state index is 11.5. The molecule has 6 nitrogen and oxygen atoms in total. The number of aromatic amines is 1. The van der Waals surface area contributed by atoms with E-state index in [1.54, 1.807) is 6.92 Å². The third kappa shape index (κ3) is 4.87. The molecule has 7 heteroatoms. The summed E-state index contributed by atoms with van der Waals surface area (Å²) in [4.78, 5) is 23.7. The van der Waals surface area contributed by atoms with Gasteiger partial charge in [0.25, 0.3) is 0 Å². The number of H-pyrrole nitrogens is 1. The Morgan fingerprint density at radius 2 is 1.88 bits per heavy atom. The zero-order valence-corrected chi connectivity index (χ0v) is 17.1. The monoisotopic (exact) mass is 455 g/mol. The van der Waals surface area contributed by atoms with Gasteiger partial charge in [0.1, 0.15) is 0 Å². The molecular weight excluding hydrogens is 429 g/mol. The van der Waals surface area contributed by atoms with Crippen molar-refractivity contribution in [1.29, 1.82) is 0 Å². The Kier molecular flexibility index (Phi) is 7.10. The number of guanidine groups is 1. The number of nitrogens with zero attached hydrogens (tertiary/aromatic N) is 3. The second-order valence-corrected chi connectivity index (χ2v) is 6.05. The van der Waals surface area contributed by atoms with Crippen molar-refractivity contribution >= 4 is 46.7 Å². The van der Waals surface area contributed by atoms with Gasteiger partial charge in [-0.25, -0.2) is 4.99 Å². The van der Waals surface area contributed by atoms with Crippen molar-refractivity contribution in [2.45, 2.75) is 20.4 Å². The molecule has 2 N–H and O–H groups in total. The fraction of sp³-hybridized carbons (Fsp3) is 0.444. The summed E-state index contributed by atoms with van der Waals surface area (Å²) in [6.07, 6.45) is 0. The van der Waals surface area contributed by atoms with Gasteiger partial charge in [0.05, 0.1) is 6.54 Å². The van der Waals surface area contributed by atoms with Crippen LogP contribution in [0.1, 0.15) is 19.5 Å². The van der Waals surface area contributed by atoms with E-state index < -0.39 is 0 Å². The van der Waals surface area contributed by atoms with Crippen LogP contribution in [0.4, 0.5) is 0 Å². The molecule has 1 amide bonds. The van der Waals surface area contributed by atoms with Gasteiger partial charge in [0, 0.05) is 50.9 Å². The van der Waals surface area contributed by atoms with E-state index in [1.165, 1.54) is 5.39 Å². The minimum Gasteiger partial charge on any atom is -0.357 e. The van der Waals surface area contributed by atoms with Gasteiger partial charge in [-0.1, -0.05) is 18.2 Å². The van der Waals surface area contributed by atoms with Gasteiger partial charge < -0.3 is 20.1 Å². The van der Waals surface area contributed by atoms with Crippen molar-refractivity contribution in [3.8, 4) is 0 Å². The number of carbonyl (C=O) groups excluding carboxylic acids is 1. The lowest BCUT2D eigenvalue weighted by Crippen LogP contribution is -2.53. The summed E-state index contributed by atoms with van der Waals surface area (Å²) in [5, 5.41) is 4.57. The normalized spacial score (nSPS) is 15.2. The van der Waals surface area contributed by atoms with Gasteiger partial charge in [0.15, 0.2) is 5.96 Å². The number of amides is 1. The lowest BCUT2D eigenvalue weighted by atomic mass is 10.2. The van der Waals surface area contributed by atoms with E-state index in [0.717, 1.165) is 49.9 Å². The number of carbonyl (C=O) groups is 1. The summed E-state index contributed by atoms with van der Waals surface area (Å²) in [5.74, 6) is 1.06. The number of nitrogens with one attached hydrogen (secondary N) is 2. The van der Waals surface area contributed by atoms with Gasteiger partial charge >= 0.3 is 0 Å². The van der Waals surface area contributed by atoms with Gasteiger partial charge in [0.2, 0.25) is 5.91 Å². The summed E-state index contributed by atoms with van der Waals surface area (Å²) in [7, 11) is 0. The summed E-state index contributed by atoms with van der Waals surface area (Å²) in [6, 6.07) is 10.4. The predicted octanol–water partition coefficient (Wildman–Crippen LogP) is 2.42. The molecule has 0 radical (unpaired) electrons. The standard InChI is InChI=1S/C18H25N5O.HI/c1-3-19-18(23-10-8-22(9-11-23)14(2)24)20-13-16-12-15-6-4-5-7-17(15)21-16;/h4-7,12,21H,3,8-11,13H2,1-2H3,(H,19,20);1H. The summed E-state index contributed by atoms with van der Waals surface area (Å²) >= 11 is 0. The van der Waals surface area contributed by atoms with Crippen LogP contribution in [0.5, 0.6) is 0 Å². The van der Waals surface area contributed by atoms with E-state index in [9.17, 15) is 4.79 Å². The maximum Gasteiger partial charge on any atom is 0.219 e. The molecule has 136 valence electrons. The van der Waals surface area contributed by atoms with E-state index in [0.29, 0.717) is 6.54 Å². The van der Waals surface area contributed by atoms with Crippen molar-refractivity contribution in [3.05, 3.63) is 36.0 Å². The smallest absolute Gasteiger partial charge is 0.219 e. The maximum atomic E-state index is 11.5. The third-order valence-corrected chi connectivity index (χ3v) is 4.34. The van der Waals surface area contributed by atoms with Crippen LogP contribution in [0, 0.1) is 0 Å². The van der Waals surface area contributed by atoms with Crippen molar-refractivity contribution in [2.75, 3.05) is 32.7 Å². The molecule has 0 atom stereocenters. The average molecular weight is 455 g/mol. The van der Waals surface area contributed by atoms with Gasteiger partial charge in [-0.3, -0.25) is 4.79 Å². The van der Waals surface area contributed by atoms with E-state index in [4.69, 9.17) is 4.99 Å². The Morgan fingerprint density at radius 1 is 1.20 bits per heavy atom. The molecule has 1 fully saturated rings. The predicted molar refractivity (Wildman–Crippen MR) is 112 cm³/mol. The van der Waals surface area contributed by atoms with Gasteiger partial charge in [-0.2, -0.15) is 0 Å². The number of halogens is 1. The van der Waals surface area contributed by atoms with Crippen molar-refractivity contribution in [3.63, 3.8) is 0 Å². The van der Waals surface area contributed by atoms with Crippen LogP contribution >= 0.6 is 24.0 Å². The molecule has 0 unspecified atom stereocenters. The van der Waals surface area contributed by atoms with Crippen LogP contribution in [-0.4, -0.2) is 59.4 Å². The summed E-state index contributed by atoms with van der Waals surface area (Å²) < 4.78 is 0. The van der Waals surface area contributed by atoms with E-state index in [-0.39, 0.29) is 29.9 Å². The molecule has 25 heavy (non-hydrogen) atoms. The molecule has 0 spiro atoms. The van der Waals surface area contributed by atoms with Crippen molar-refractivity contribution in [1.82, 2.24) is 20.1 Å². The van der Waals surface area contributed by atoms with Crippen LogP contribution in [0.3, 0.4) is 0 Å². The Balaban J connectivity index is 0.00000225. The number of piperazine rings is 1. The Hall–Kier alpha value is -1.77. The molecule has 0 bridgehead atoms. The highest BCUT2D eigenvalue weighted by Gasteiger charge is 2.20. The van der Waals surface area contributed by atoms with Crippen LogP contribution in [0.2, 0.25) is 0 Å². The fourth-order valence-corrected chi connectivity index (χ4v) is 3.04. The number of fused-ring (bicyclic) bond motifs is 1. The van der Waals surface area contributed by atoms with Crippen LogP contribution in [0.15, 0.2) is 35.3 Å². The molecule has 2 heterocycles. The largest absolute Gasteiger partial charge is 0.357 e. The van der Waals surface area contributed by atoms with Crippen LogP contribution < -0.4 is 5.32 Å². The van der Waals surface area contributed by atoms with Crippen LogP contribution in [0.25, 0.3) is 10.9 Å². The fourth-order valence-electron chi connectivity index (χ4n) is 3.04. The lowest BCUT2D eigenvalue weighted by molar-refractivity contribution is -0.130. The SMILES string of the molecule is CCNC(=NCc1cc2ccccc2[nH]1)N1CCN(C(C)=O)CC1.I. The number of aliphatic imine (C=N–C) groups is 1. The van der Waals surface area contributed by atoms with E-state index >= 15 is 0 Å². The quantitative estimate of drug-likeness (QED) is 0.425. The Bertz CT molecular complexity index is 701. The average Bonchev–Trinajstić information content (AvgIpc) is 3.01. The first-order chi connectivity index (χ1) is 11.7. The third-order valence-electron chi connectivity index (χ3n) is 4.34. The Morgan fingerprint density at radius 3 is 2.52 bits per heavy atom. The molecular formula is C18H26IN5O. The van der Waals surface area contributed by atoms with Gasteiger partial charge in [-0.05, 0) is 24.4 Å². The first-order valence-electron chi connectivity index (χ1n) is 8.52. The number of rotatable bonds is 3. The number of benzene rings is 1. The summed E-state index contributed by atoms with van der Waals surface area (Å²) in [5.41, 5.74) is 2.25. The second-order valence-electron chi connectivity index (χ2n) is 6.05. The topological polar surface area (TPSA) is 63.7 Å². The van der Waals surface area contributed by atoms with E-state index in [1.807, 2.05) is 17.0 Å². The molecule has 1 aliphatic rings. The highest BCUT2D eigenvalue weighted by atomic mass is 127. The highest BCUT2D eigenvalue weighted by Crippen LogP contribution is 2.15. The number of hydrogen-bond donors (Lipinski definition) is 2. The highest BCUT2D eigenvalue weighted by molar-refractivity contribution is 14.0. The summed E-state index contributed by atoms with van der Waals surface area (Å²) in [6.45, 7) is 8.30. The number of para-hydroxylation sites is 1. The molecule has 3 rings (SSSR count). The van der Waals surface area contributed by atoms with Crippen LogP contribution in [-0.2, 0) is 11.3 Å². The molecule has 1 saturated heterocycles. The Labute approximate surface area is 165 Å². The molecule has 2 aromatic rings. The molecule has 1 aromatic carbocycles. The van der Waals surface area contributed by atoms with Crippen molar-refractivity contribution < 1.29 is 4.79 Å². The first-order valence-corrected chi connectivity index (χ1v) is 8.52. The zero-order chi connectivity index (χ0) is 16.9. The minimum absolute atomic E-state index is 0. The first kappa shape index (κ1) is 19.6. The van der Waals surface area contributed by atoms with Gasteiger partial charge in [-0.15, -0.1) is 24.0 Å². The number of hydrogen-bond acceptors (Lipinski definition) is 2.